The summed E-state index contributed by atoms with van der Waals surface area (Å²) in [6.45, 7) is 3.97. The number of nitrogens with one attached hydrogen (secondary N) is 1. The molecule has 1 rings (SSSR count). The first-order chi connectivity index (χ1) is 7.24. The quantitative estimate of drug-likeness (QED) is 0.658. The topological polar surface area (TPSA) is 73.6 Å². The lowest BCUT2D eigenvalue weighted by Crippen LogP contribution is -2.46. The minimum atomic E-state index is -0.465. The highest BCUT2D eigenvalue weighted by atomic mass is 16.6. The third-order valence-corrected chi connectivity index (χ3v) is 2.31. The first-order valence-corrected chi connectivity index (χ1v) is 5.46. The van der Waals surface area contributed by atoms with Gasteiger partial charge in [-0.1, -0.05) is 13.3 Å². The van der Waals surface area contributed by atoms with E-state index in [1.807, 2.05) is 0 Å². The van der Waals surface area contributed by atoms with E-state index in [0.29, 0.717) is 26.4 Å². The largest absolute Gasteiger partial charge is 0.376 e. The van der Waals surface area contributed by atoms with Crippen LogP contribution in [0.1, 0.15) is 19.8 Å². The summed E-state index contributed by atoms with van der Waals surface area (Å²) in [4.78, 5) is 11.5. The van der Waals surface area contributed by atoms with Crippen molar-refractivity contribution < 1.29 is 14.3 Å². The molecule has 0 aromatic rings. The van der Waals surface area contributed by atoms with E-state index in [1.54, 1.807) is 0 Å². The zero-order valence-corrected chi connectivity index (χ0v) is 9.20. The van der Waals surface area contributed by atoms with Gasteiger partial charge in [0.2, 0.25) is 0 Å². The van der Waals surface area contributed by atoms with Gasteiger partial charge in [0.15, 0.2) is 6.10 Å². The minimum Gasteiger partial charge on any atom is -0.376 e. The summed E-state index contributed by atoms with van der Waals surface area (Å²) in [6, 6.07) is 0.0310. The van der Waals surface area contributed by atoms with Crippen molar-refractivity contribution in [2.45, 2.75) is 31.9 Å². The molecule has 2 unspecified atom stereocenters. The molecule has 1 aliphatic rings. The number of hydrogen-bond donors (Lipinski definition) is 2. The van der Waals surface area contributed by atoms with E-state index in [1.165, 1.54) is 0 Å². The maximum Gasteiger partial charge on any atom is 0.251 e. The highest BCUT2D eigenvalue weighted by Crippen LogP contribution is 2.00. The fourth-order valence-electron chi connectivity index (χ4n) is 1.46. The van der Waals surface area contributed by atoms with Crippen molar-refractivity contribution in [2.24, 2.45) is 5.73 Å². The van der Waals surface area contributed by atoms with E-state index in [9.17, 15) is 4.79 Å². The van der Waals surface area contributed by atoms with Crippen molar-refractivity contribution >= 4 is 5.91 Å². The van der Waals surface area contributed by atoms with E-state index in [2.05, 4.69) is 12.2 Å². The van der Waals surface area contributed by atoms with Crippen molar-refractivity contribution in [1.82, 2.24) is 5.32 Å². The summed E-state index contributed by atoms with van der Waals surface area (Å²) >= 11 is 0. The molecule has 15 heavy (non-hydrogen) atoms. The molecule has 1 heterocycles. The van der Waals surface area contributed by atoms with Crippen LogP contribution in [0.3, 0.4) is 0 Å². The summed E-state index contributed by atoms with van der Waals surface area (Å²) in [6.07, 6.45) is 1.48. The standard InChI is InChI=1S/C10H20N2O3/c1-2-3-8(11)6-12-10(13)9-7-14-4-5-15-9/h8-9H,2-7,11H2,1H3,(H,12,13). The Bertz CT molecular complexity index is 193. The molecule has 5 nitrogen and oxygen atoms in total. The van der Waals surface area contributed by atoms with Gasteiger partial charge in [0.1, 0.15) is 0 Å². The van der Waals surface area contributed by atoms with E-state index in [-0.39, 0.29) is 11.9 Å². The number of carbonyl (C=O) groups is 1. The van der Waals surface area contributed by atoms with E-state index < -0.39 is 6.10 Å². The van der Waals surface area contributed by atoms with Gasteiger partial charge in [-0.05, 0) is 6.42 Å². The van der Waals surface area contributed by atoms with E-state index in [0.717, 1.165) is 12.8 Å². The normalized spacial score (nSPS) is 23.5. The third-order valence-electron chi connectivity index (χ3n) is 2.31. The Hall–Kier alpha value is -0.650. The molecule has 1 amide bonds. The summed E-state index contributed by atoms with van der Waals surface area (Å²) in [7, 11) is 0. The van der Waals surface area contributed by atoms with Gasteiger partial charge < -0.3 is 20.5 Å². The summed E-state index contributed by atoms with van der Waals surface area (Å²) < 4.78 is 10.4. The highest BCUT2D eigenvalue weighted by Gasteiger charge is 2.22. The van der Waals surface area contributed by atoms with Crippen LogP contribution >= 0.6 is 0 Å². The Labute approximate surface area is 90.3 Å². The lowest BCUT2D eigenvalue weighted by Gasteiger charge is -2.22. The lowest BCUT2D eigenvalue weighted by molar-refractivity contribution is -0.147. The zero-order valence-electron chi connectivity index (χ0n) is 9.20. The summed E-state index contributed by atoms with van der Waals surface area (Å²) in [5.74, 6) is -0.124. The lowest BCUT2D eigenvalue weighted by atomic mass is 10.2. The van der Waals surface area contributed by atoms with Crippen molar-refractivity contribution in [3.05, 3.63) is 0 Å². The maximum absolute atomic E-state index is 11.5. The first kappa shape index (κ1) is 12.4. The molecule has 5 heteroatoms. The molecule has 88 valence electrons. The van der Waals surface area contributed by atoms with Gasteiger partial charge in [0.05, 0.1) is 19.8 Å². The fraction of sp³-hybridized carbons (Fsp3) is 0.900. The van der Waals surface area contributed by atoms with E-state index >= 15 is 0 Å². The van der Waals surface area contributed by atoms with Crippen LogP contribution < -0.4 is 11.1 Å². The van der Waals surface area contributed by atoms with Crippen molar-refractivity contribution in [3.8, 4) is 0 Å². The average molecular weight is 216 g/mol. The second-order valence-corrected chi connectivity index (χ2v) is 3.73. The maximum atomic E-state index is 11.5. The third kappa shape index (κ3) is 4.59. The predicted octanol–water partition coefficient (Wildman–Crippen LogP) is -0.355. The fourth-order valence-corrected chi connectivity index (χ4v) is 1.46. The number of ether oxygens (including phenoxy) is 2. The number of rotatable bonds is 5. The minimum absolute atomic E-state index is 0.0310. The van der Waals surface area contributed by atoms with Gasteiger partial charge in [-0.15, -0.1) is 0 Å². The molecular weight excluding hydrogens is 196 g/mol. The Morgan fingerprint density at radius 1 is 1.60 bits per heavy atom. The van der Waals surface area contributed by atoms with E-state index in [4.69, 9.17) is 15.2 Å². The van der Waals surface area contributed by atoms with Gasteiger partial charge in [-0.3, -0.25) is 4.79 Å². The van der Waals surface area contributed by atoms with Crippen LogP contribution in [-0.2, 0) is 14.3 Å². The molecule has 0 aromatic heterocycles. The van der Waals surface area contributed by atoms with Crippen LogP contribution in [-0.4, -0.2) is 44.4 Å². The van der Waals surface area contributed by atoms with Crippen LogP contribution in [0.15, 0.2) is 0 Å². The van der Waals surface area contributed by atoms with Crippen LogP contribution in [0.25, 0.3) is 0 Å². The van der Waals surface area contributed by atoms with Crippen LogP contribution in [0, 0.1) is 0 Å². The smallest absolute Gasteiger partial charge is 0.251 e. The van der Waals surface area contributed by atoms with Gasteiger partial charge >= 0.3 is 0 Å². The Kier molecular flexibility index (Phi) is 5.60. The summed E-state index contributed by atoms with van der Waals surface area (Å²) in [5, 5.41) is 2.77. The Morgan fingerprint density at radius 2 is 2.40 bits per heavy atom. The monoisotopic (exact) mass is 216 g/mol. The number of carbonyl (C=O) groups excluding carboxylic acids is 1. The molecule has 0 bridgehead atoms. The molecule has 0 radical (unpaired) electrons. The SMILES string of the molecule is CCCC(N)CNC(=O)C1COCCO1. The first-order valence-electron chi connectivity index (χ1n) is 5.46. The average Bonchev–Trinajstić information content (AvgIpc) is 2.27. The second kappa shape index (κ2) is 6.76. The molecule has 3 N–H and O–H groups in total. The van der Waals surface area contributed by atoms with Crippen LogP contribution in [0.5, 0.6) is 0 Å². The van der Waals surface area contributed by atoms with Gasteiger partial charge in [0, 0.05) is 12.6 Å². The molecule has 1 saturated heterocycles. The zero-order chi connectivity index (χ0) is 11.1. The van der Waals surface area contributed by atoms with Crippen LogP contribution in [0.4, 0.5) is 0 Å². The highest BCUT2D eigenvalue weighted by molar-refractivity contribution is 5.81. The molecule has 0 aromatic carbocycles. The number of amides is 1. The predicted molar refractivity (Wildman–Crippen MR) is 56.5 cm³/mol. The molecule has 2 atom stereocenters. The Balaban J connectivity index is 2.16. The second-order valence-electron chi connectivity index (χ2n) is 3.73. The van der Waals surface area contributed by atoms with Gasteiger partial charge in [-0.25, -0.2) is 0 Å². The molecule has 1 fully saturated rings. The molecule has 0 aliphatic carbocycles. The van der Waals surface area contributed by atoms with Crippen LogP contribution in [0.2, 0.25) is 0 Å². The van der Waals surface area contributed by atoms with Crippen molar-refractivity contribution in [2.75, 3.05) is 26.4 Å². The van der Waals surface area contributed by atoms with Gasteiger partial charge in [-0.2, -0.15) is 0 Å². The molecular formula is C10H20N2O3. The van der Waals surface area contributed by atoms with Gasteiger partial charge in [0.25, 0.3) is 5.91 Å². The Morgan fingerprint density at radius 3 is 3.00 bits per heavy atom. The molecule has 0 spiro atoms. The molecule has 0 saturated carbocycles. The number of nitrogens with two attached hydrogens (primary N) is 1. The van der Waals surface area contributed by atoms with Crippen molar-refractivity contribution in [3.63, 3.8) is 0 Å². The van der Waals surface area contributed by atoms with Crippen molar-refractivity contribution in [1.29, 1.82) is 0 Å². The summed E-state index contributed by atoms with van der Waals surface area (Å²) in [5.41, 5.74) is 5.78. The molecule has 1 aliphatic heterocycles. The number of hydrogen-bond acceptors (Lipinski definition) is 4.